The standard InChI is InChI=1S/C26H22F5N7O5S/c27-25(28)7-9-37(10-8-25)24-35-34-21(42-24)16-5-6-19-18(11-16)38(22(39)17(32)13-44(19,40)41)12-14-1-3-15(4-2-14)20-33-23(36-43-20)26(29,30)31/h1-6,11,17H,7-10,12-13,32H2/t17-/m0/s1. The van der Waals surface area contributed by atoms with E-state index in [1.54, 1.807) is 0 Å². The molecule has 1 saturated heterocycles. The summed E-state index contributed by atoms with van der Waals surface area (Å²) in [6.07, 6.45) is -5.53. The first-order valence-electron chi connectivity index (χ1n) is 13.1. The highest BCUT2D eigenvalue weighted by atomic mass is 32.2. The molecule has 0 bridgehead atoms. The number of carbonyl (C=O) groups excluding carboxylic acids is 1. The molecule has 2 aromatic heterocycles. The molecule has 2 aliphatic rings. The minimum absolute atomic E-state index is 0.00592. The van der Waals surface area contributed by atoms with Crippen LogP contribution in [0.25, 0.3) is 22.9 Å². The molecule has 0 saturated carbocycles. The van der Waals surface area contributed by atoms with Gasteiger partial charge in [0.2, 0.25) is 11.8 Å². The lowest BCUT2D eigenvalue weighted by Gasteiger charge is -2.30. The van der Waals surface area contributed by atoms with E-state index in [2.05, 4.69) is 20.3 Å². The van der Waals surface area contributed by atoms with Crippen molar-refractivity contribution in [2.24, 2.45) is 5.73 Å². The van der Waals surface area contributed by atoms with Gasteiger partial charge in [-0.1, -0.05) is 22.4 Å². The maximum atomic E-state index is 13.6. The molecule has 0 spiro atoms. The molecular formula is C26H22F5N7O5S. The molecule has 1 atom stereocenters. The number of halogens is 5. The van der Waals surface area contributed by atoms with Crippen molar-refractivity contribution in [3.8, 4) is 22.9 Å². The van der Waals surface area contributed by atoms with Crippen molar-refractivity contribution in [1.82, 2.24) is 20.3 Å². The average molecular weight is 640 g/mol. The van der Waals surface area contributed by atoms with Gasteiger partial charge in [0, 0.05) is 37.1 Å². The normalized spacial score (nSPS) is 20.0. The van der Waals surface area contributed by atoms with Crippen LogP contribution in [0.1, 0.15) is 24.2 Å². The molecule has 4 aromatic rings. The van der Waals surface area contributed by atoms with E-state index in [4.69, 9.17) is 14.7 Å². The first-order chi connectivity index (χ1) is 20.7. The Balaban J connectivity index is 1.31. The number of piperidine rings is 1. The molecule has 18 heteroatoms. The highest BCUT2D eigenvalue weighted by Gasteiger charge is 2.39. The van der Waals surface area contributed by atoms with E-state index >= 15 is 0 Å². The van der Waals surface area contributed by atoms with Gasteiger partial charge >= 0.3 is 12.2 Å². The number of nitrogens with two attached hydrogens (primary N) is 1. The summed E-state index contributed by atoms with van der Waals surface area (Å²) >= 11 is 0. The Hall–Kier alpha value is -4.45. The molecule has 1 fully saturated rings. The lowest BCUT2D eigenvalue weighted by Crippen LogP contribution is -2.45. The largest absolute Gasteiger partial charge is 0.455 e. The second kappa shape index (κ2) is 10.6. The number of hydrogen-bond acceptors (Lipinski definition) is 11. The number of aromatic nitrogens is 4. The molecule has 0 aliphatic carbocycles. The number of rotatable bonds is 5. The van der Waals surface area contributed by atoms with Gasteiger partial charge in [0.25, 0.3) is 17.6 Å². The first-order valence-corrected chi connectivity index (χ1v) is 14.8. The van der Waals surface area contributed by atoms with Gasteiger partial charge in [-0.05, 0) is 35.9 Å². The first kappa shape index (κ1) is 29.6. The van der Waals surface area contributed by atoms with E-state index in [0.717, 1.165) is 0 Å². The zero-order valence-corrected chi connectivity index (χ0v) is 23.3. The van der Waals surface area contributed by atoms with E-state index < -0.39 is 45.5 Å². The molecule has 6 rings (SSSR count). The second-order valence-electron chi connectivity index (χ2n) is 10.3. The molecule has 2 aliphatic heterocycles. The van der Waals surface area contributed by atoms with E-state index in [1.165, 1.54) is 52.3 Å². The molecule has 232 valence electrons. The number of anilines is 2. The minimum Gasteiger partial charge on any atom is -0.403 e. The van der Waals surface area contributed by atoms with Gasteiger partial charge < -0.3 is 24.5 Å². The van der Waals surface area contributed by atoms with Crippen molar-refractivity contribution in [1.29, 1.82) is 0 Å². The number of nitrogens with zero attached hydrogens (tertiary/aromatic N) is 6. The number of sulfone groups is 1. The zero-order valence-electron chi connectivity index (χ0n) is 22.5. The third-order valence-electron chi connectivity index (χ3n) is 7.21. The number of alkyl halides is 5. The molecule has 44 heavy (non-hydrogen) atoms. The predicted molar refractivity (Wildman–Crippen MR) is 142 cm³/mol. The van der Waals surface area contributed by atoms with Gasteiger partial charge in [0.15, 0.2) is 9.84 Å². The highest BCUT2D eigenvalue weighted by molar-refractivity contribution is 7.91. The Labute approximate surface area is 245 Å². The van der Waals surface area contributed by atoms with Crippen LogP contribution in [-0.2, 0) is 27.4 Å². The van der Waals surface area contributed by atoms with Gasteiger partial charge in [0.1, 0.15) is 0 Å². The SMILES string of the molecule is N[C@H]1CS(=O)(=O)c2ccc(-c3nnc(N4CCC(F)(F)CC4)o3)cc2N(Cc2ccc(-c3nc(C(F)(F)F)no3)cc2)C1=O. The molecule has 2 aromatic carbocycles. The summed E-state index contributed by atoms with van der Waals surface area (Å²) in [6.45, 7) is -0.147. The maximum absolute atomic E-state index is 13.6. The fourth-order valence-electron chi connectivity index (χ4n) is 4.88. The Morgan fingerprint density at radius 2 is 1.68 bits per heavy atom. The molecular weight excluding hydrogens is 617 g/mol. The van der Waals surface area contributed by atoms with Gasteiger partial charge in [-0.15, -0.1) is 5.10 Å². The van der Waals surface area contributed by atoms with Crippen LogP contribution in [0.3, 0.4) is 0 Å². The number of fused-ring (bicyclic) bond motifs is 1. The Kier molecular flexibility index (Phi) is 7.15. The van der Waals surface area contributed by atoms with Crippen LogP contribution < -0.4 is 15.5 Å². The number of carbonyl (C=O) groups is 1. The fourth-order valence-corrected chi connectivity index (χ4v) is 6.44. The molecule has 4 heterocycles. The van der Waals surface area contributed by atoms with Crippen LogP contribution in [0, 0.1) is 0 Å². The topological polar surface area (TPSA) is 162 Å². The van der Waals surface area contributed by atoms with Crippen molar-refractivity contribution in [2.75, 3.05) is 28.6 Å². The van der Waals surface area contributed by atoms with Gasteiger partial charge in [-0.25, -0.2) is 17.2 Å². The van der Waals surface area contributed by atoms with Crippen molar-refractivity contribution in [2.45, 2.75) is 42.4 Å². The smallest absolute Gasteiger partial charge is 0.403 e. The van der Waals surface area contributed by atoms with Crippen LogP contribution in [0.15, 0.2) is 56.3 Å². The Morgan fingerprint density at radius 3 is 2.34 bits per heavy atom. The minimum atomic E-state index is -4.78. The number of hydrogen-bond donors (Lipinski definition) is 1. The lowest BCUT2D eigenvalue weighted by molar-refractivity contribution is -0.146. The van der Waals surface area contributed by atoms with E-state index in [1.807, 2.05) is 0 Å². The van der Waals surface area contributed by atoms with E-state index in [9.17, 15) is 35.2 Å². The fraction of sp³-hybridized carbons (Fsp3) is 0.346. The number of benzene rings is 2. The summed E-state index contributed by atoms with van der Waals surface area (Å²) in [6, 6.07) is 8.56. The van der Waals surface area contributed by atoms with Crippen LogP contribution >= 0.6 is 0 Å². The summed E-state index contributed by atoms with van der Waals surface area (Å²) in [5.74, 6) is -5.93. The van der Waals surface area contributed by atoms with Crippen LogP contribution in [0.5, 0.6) is 0 Å². The molecule has 12 nitrogen and oxygen atoms in total. The molecule has 1 amide bonds. The summed E-state index contributed by atoms with van der Waals surface area (Å²) in [7, 11) is -4.01. The van der Waals surface area contributed by atoms with E-state index in [0.29, 0.717) is 5.56 Å². The summed E-state index contributed by atoms with van der Waals surface area (Å²) in [4.78, 5) is 19.3. The van der Waals surface area contributed by atoms with Crippen LogP contribution in [0.2, 0.25) is 0 Å². The van der Waals surface area contributed by atoms with Crippen molar-refractivity contribution in [3.05, 3.63) is 53.9 Å². The Bertz CT molecular complexity index is 1810. The number of amides is 1. The van der Waals surface area contributed by atoms with Crippen LogP contribution in [0.4, 0.5) is 33.7 Å². The quantitative estimate of drug-likeness (QED) is 0.317. The Morgan fingerprint density at radius 1 is 1.00 bits per heavy atom. The second-order valence-corrected chi connectivity index (χ2v) is 12.3. The van der Waals surface area contributed by atoms with Crippen LogP contribution in [-0.4, -0.2) is 65.5 Å². The summed E-state index contributed by atoms with van der Waals surface area (Å²) in [5.41, 5.74) is 6.90. The predicted octanol–water partition coefficient (Wildman–Crippen LogP) is 3.69. The monoisotopic (exact) mass is 639 g/mol. The summed E-state index contributed by atoms with van der Waals surface area (Å²) < 4.78 is 102. The molecule has 2 N–H and O–H groups in total. The third kappa shape index (κ3) is 5.73. The molecule has 0 unspecified atom stereocenters. The maximum Gasteiger partial charge on any atom is 0.455 e. The van der Waals surface area contributed by atoms with E-state index in [-0.39, 0.29) is 72.0 Å². The average Bonchev–Trinajstić information content (AvgIpc) is 3.65. The van der Waals surface area contributed by atoms with Gasteiger partial charge in [-0.2, -0.15) is 18.2 Å². The third-order valence-corrected chi connectivity index (χ3v) is 9.03. The van der Waals surface area contributed by atoms with Crippen molar-refractivity contribution >= 4 is 27.4 Å². The molecule has 0 radical (unpaired) electrons. The van der Waals surface area contributed by atoms with Crippen molar-refractivity contribution < 1.29 is 44.1 Å². The lowest BCUT2D eigenvalue weighted by atomic mass is 10.1. The van der Waals surface area contributed by atoms with Gasteiger partial charge in [0.05, 0.1) is 28.9 Å². The zero-order chi connectivity index (χ0) is 31.4. The highest BCUT2D eigenvalue weighted by Crippen LogP contribution is 2.37. The summed E-state index contributed by atoms with van der Waals surface area (Å²) in [5, 5.41) is 10.9. The van der Waals surface area contributed by atoms with Crippen molar-refractivity contribution in [3.63, 3.8) is 0 Å². The van der Waals surface area contributed by atoms with Gasteiger partial charge in [-0.3, -0.25) is 4.79 Å².